The molecule has 12 heterocycles. The highest BCUT2D eigenvalue weighted by atomic mass is 19.2. The molecule has 600 valence electrons. The van der Waals surface area contributed by atoms with Crippen LogP contribution < -0.4 is 22.9 Å². The molecule has 0 bridgehead atoms. The van der Waals surface area contributed by atoms with E-state index in [9.17, 15) is 44.7 Å². The van der Waals surface area contributed by atoms with Gasteiger partial charge in [0.05, 0.1) is 33.5 Å². The Labute approximate surface area is 640 Å². The molecule has 8 saturated heterocycles. The van der Waals surface area contributed by atoms with Gasteiger partial charge in [-0.25, -0.2) is 39.9 Å². The molecule has 10 fully saturated rings. The minimum Gasteiger partial charge on any atom is -0.452 e. The third-order valence-corrected chi connectivity index (χ3v) is 26.2. The lowest BCUT2D eigenvalue weighted by molar-refractivity contribution is -0.131. The lowest BCUT2D eigenvalue weighted by atomic mass is 9.92. The van der Waals surface area contributed by atoms with Crippen molar-refractivity contribution in [2.75, 3.05) is 126 Å². The van der Waals surface area contributed by atoms with Gasteiger partial charge in [-0.15, -0.1) is 0 Å². The number of nitrogens with zero attached hydrogens (tertiary/aromatic N) is 8. The number of hydrogen-bond acceptors (Lipinski definition) is 17. The number of benzene rings is 4. The largest absolute Gasteiger partial charge is 0.452 e. The minimum absolute atomic E-state index is 0.0629. The van der Waals surface area contributed by atoms with Crippen molar-refractivity contribution in [1.29, 1.82) is 0 Å². The molecule has 12 aliphatic heterocycles. The zero-order chi connectivity index (χ0) is 76.8. The van der Waals surface area contributed by atoms with Crippen LogP contribution in [-0.4, -0.2) is 237 Å². The van der Waals surface area contributed by atoms with Gasteiger partial charge in [-0.2, -0.15) is 0 Å². The average Bonchev–Trinajstić information content (AvgIpc) is 1.86. The summed E-state index contributed by atoms with van der Waals surface area (Å²) in [4.78, 5) is 43.3. The number of nitrogens with two attached hydrogens (primary N) is 4. The fraction of sp³-hybridized carbons (Fsp3) is 0.639. The lowest BCUT2D eigenvalue weighted by Crippen LogP contribution is -2.50. The number of fused-ring (bicyclic) bond motifs is 2. The van der Waals surface area contributed by atoms with Crippen LogP contribution in [0.15, 0.2) is 95.3 Å². The molecule has 8 N–H and O–H groups in total. The number of piperidine rings is 2. The van der Waals surface area contributed by atoms with E-state index in [1.807, 2.05) is 4.90 Å². The molecule has 2 aliphatic carbocycles. The molecular formula is C83H110F8N12O7. The van der Waals surface area contributed by atoms with Crippen molar-refractivity contribution in [2.24, 2.45) is 46.6 Å². The number of hydrogen-bond donors (Lipinski definition) is 4. The number of methoxy groups -OCH3 is 1. The van der Waals surface area contributed by atoms with Crippen LogP contribution in [0.25, 0.3) is 0 Å². The van der Waals surface area contributed by atoms with Crippen molar-refractivity contribution in [3.8, 4) is 0 Å². The van der Waals surface area contributed by atoms with E-state index < -0.39 is 83.0 Å². The maximum Gasteiger partial charge on any atom is 0.413 e. The monoisotopic (exact) mass is 1540 g/mol. The lowest BCUT2D eigenvalue weighted by Gasteiger charge is -2.39. The number of likely N-dealkylation sites (tertiary alicyclic amines) is 4. The molecule has 0 aromatic heterocycles. The van der Waals surface area contributed by atoms with Crippen molar-refractivity contribution in [1.82, 2.24) is 39.2 Å². The summed E-state index contributed by atoms with van der Waals surface area (Å²) in [6, 6.07) is 14.3. The molecule has 0 spiro atoms. The standard InChI is InChI=1S/C22H27F2N3O2.C22H31F2N3O.C20H25F2N3O3.C19H27F2N3O/c23-15-5-6-18(24)17(8-15)21-19(25)9-16(12-29-21)26-10-14-2-1-7-27(20(14)11-26)22(28)13-3-4-13;23-16-5-6-19(24)18(8-16)22-20(25)9-17(13-28-22)27-11-15-2-1-7-26(21(15)12-27)10-14-3-4-14;1-27-20(26)25-6-2-3-12-9-24(10-18(12)25)14-8-17(23)19(28-11-14)15-7-13(21)4-5-16(15)22;1-23-6-2-3-12-9-24(10-18(12)23)14-8-17(22)19(25-11-14)15-7-13(20)4-5-16(15)21/h5-6,8,13,16,19,21H,1-4,7,9-12,25H2;5-6,8,14-15,17,20-22H,1-4,7,9-13,25H2;4-5,7,14,17,19H,2-3,6,8-11,23H2,1H3;4-5,7,12,14,17-19H,2-3,6,8-11,22H2,1H3/t16-,19+,21-;15?,17-,20+,21?,22-;14-,17+,19-;12?,14-,17+,18?,19-/m1111/s1. The third kappa shape index (κ3) is 17.8. The first-order valence-electron chi connectivity index (χ1n) is 40.4. The van der Waals surface area contributed by atoms with Crippen molar-refractivity contribution in [3.63, 3.8) is 0 Å². The Balaban J connectivity index is 0.000000117. The van der Waals surface area contributed by atoms with Gasteiger partial charge in [0.25, 0.3) is 0 Å². The van der Waals surface area contributed by atoms with Gasteiger partial charge in [-0.3, -0.25) is 34.2 Å². The van der Waals surface area contributed by atoms with Crippen LogP contribution in [0.1, 0.15) is 149 Å². The van der Waals surface area contributed by atoms with Gasteiger partial charge in [0.15, 0.2) is 0 Å². The predicted octanol–water partition coefficient (Wildman–Crippen LogP) is 10.4. The molecular weight excluding hydrogens is 1430 g/mol. The topological polar surface area (TPSA) is 210 Å². The van der Waals surface area contributed by atoms with Gasteiger partial charge in [-0.1, -0.05) is 0 Å². The van der Waals surface area contributed by atoms with Crippen LogP contribution in [0.5, 0.6) is 0 Å². The Morgan fingerprint density at radius 2 is 0.827 bits per heavy atom. The zero-order valence-corrected chi connectivity index (χ0v) is 63.4. The van der Waals surface area contributed by atoms with E-state index in [2.05, 4.69) is 36.4 Å². The van der Waals surface area contributed by atoms with Gasteiger partial charge < -0.3 is 56.4 Å². The molecule has 2 saturated carbocycles. The third-order valence-electron chi connectivity index (χ3n) is 26.2. The van der Waals surface area contributed by atoms with Crippen molar-refractivity contribution in [3.05, 3.63) is 164 Å². The summed E-state index contributed by atoms with van der Waals surface area (Å²) < 4.78 is 139. The Kier molecular flexibility index (Phi) is 24.9. The fourth-order valence-electron chi connectivity index (χ4n) is 20.0. The Hall–Kier alpha value is -6.02. The molecule has 16 atom stereocenters. The Morgan fingerprint density at radius 1 is 0.445 bits per heavy atom. The number of rotatable bonds is 11. The first-order chi connectivity index (χ1) is 53.1. The van der Waals surface area contributed by atoms with E-state index in [4.69, 9.17) is 46.6 Å². The molecule has 14 aliphatic rings. The molecule has 19 nitrogen and oxygen atoms in total. The predicted molar refractivity (Wildman–Crippen MR) is 398 cm³/mol. The maximum atomic E-state index is 14.2. The van der Waals surface area contributed by atoms with E-state index in [0.29, 0.717) is 64.4 Å². The quantitative estimate of drug-likeness (QED) is 0.103. The summed E-state index contributed by atoms with van der Waals surface area (Å²) in [6.07, 6.45) is 14.0. The van der Waals surface area contributed by atoms with E-state index in [1.54, 1.807) is 4.90 Å². The highest BCUT2D eigenvalue weighted by Crippen LogP contribution is 2.44. The minimum atomic E-state index is -0.663. The second-order valence-corrected chi connectivity index (χ2v) is 33.7. The zero-order valence-electron chi connectivity index (χ0n) is 63.4. The molecule has 2 amide bonds. The highest BCUT2D eigenvalue weighted by Gasteiger charge is 2.48. The van der Waals surface area contributed by atoms with E-state index in [-0.39, 0.29) is 76.4 Å². The van der Waals surface area contributed by atoms with Crippen LogP contribution in [0.3, 0.4) is 0 Å². The smallest absolute Gasteiger partial charge is 0.413 e. The second kappa shape index (κ2) is 34.6. The fourth-order valence-corrected chi connectivity index (χ4v) is 20.0. The molecule has 18 rings (SSSR count). The summed E-state index contributed by atoms with van der Waals surface area (Å²) in [6.45, 7) is 14.4. The normalized spacial score (nSPS) is 33.2. The Morgan fingerprint density at radius 3 is 1.22 bits per heavy atom. The van der Waals surface area contributed by atoms with Crippen LogP contribution in [-0.2, 0) is 28.5 Å². The van der Waals surface area contributed by atoms with Gasteiger partial charge >= 0.3 is 6.09 Å². The number of carbonyl (C=O) groups excluding carboxylic acids is 2. The van der Waals surface area contributed by atoms with E-state index in [0.717, 1.165) is 182 Å². The summed E-state index contributed by atoms with van der Waals surface area (Å²) >= 11 is 0. The van der Waals surface area contributed by atoms with Crippen LogP contribution in [0.2, 0.25) is 0 Å². The number of carbonyl (C=O) groups is 2. The van der Waals surface area contributed by atoms with Crippen LogP contribution in [0, 0.1) is 70.2 Å². The molecule has 4 aromatic carbocycles. The first-order valence-corrected chi connectivity index (χ1v) is 40.4. The highest BCUT2D eigenvalue weighted by molar-refractivity contribution is 5.83. The molecule has 0 radical (unpaired) electrons. The SMILES string of the molecule is CN1CCCC2CN([C@H]3CO[C@H](c4cc(F)ccc4F)[C@@H](N)C3)CC21.COC(=O)N1CCCC2=C1CN([C@H]1CO[C@H](c3cc(F)ccc3F)[C@@H](N)C1)C2.N[C@H]1C[C@@H](N2CC3=C(C2)N(C(=O)C2CC2)CCC3)CO[C@@H]1c1cc(F)ccc1F.N[C@H]1C[C@@H](N2CC3CCCN(CC4CC4)C3C2)CO[C@@H]1c1cc(F)ccc1F. The van der Waals surface area contributed by atoms with Gasteiger partial charge in [0, 0.05) is 172 Å². The molecule has 27 heteroatoms. The molecule has 110 heavy (non-hydrogen) atoms. The summed E-state index contributed by atoms with van der Waals surface area (Å²) in [5, 5.41) is 0. The first kappa shape index (κ1) is 79.2. The summed E-state index contributed by atoms with van der Waals surface area (Å²) in [7, 11) is 3.61. The van der Waals surface area contributed by atoms with E-state index in [1.165, 1.54) is 100 Å². The van der Waals surface area contributed by atoms with Gasteiger partial charge in [0.2, 0.25) is 5.91 Å². The van der Waals surface area contributed by atoms with Crippen molar-refractivity contribution < 1.29 is 68.4 Å². The van der Waals surface area contributed by atoms with E-state index >= 15 is 0 Å². The summed E-state index contributed by atoms with van der Waals surface area (Å²) in [5.41, 5.74) is 31.0. The maximum absolute atomic E-state index is 14.2. The second-order valence-electron chi connectivity index (χ2n) is 33.7. The average molecular weight is 1540 g/mol. The number of halogens is 8. The number of amides is 2. The van der Waals surface area contributed by atoms with Gasteiger partial charge in [-0.05, 0) is 225 Å². The van der Waals surface area contributed by atoms with Crippen molar-refractivity contribution >= 4 is 12.0 Å². The van der Waals surface area contributed by atoms with Crippen LogP contribution in [0.4, 0.5) is 39.9 Å². The molecule has 4 unspecified atom stereocenters. The summed E-state index contributed by atoms with van der Waals surface area (Å²) in [5.74, 6) is -0.861. The molecule has 4 aromatic rings. The number of ether oxygens (including phenoxy) is 5. The van der Waals surface area contributed by atoms with Crippen molar-refractivity contribution in [2.45, 2.75) is 188 Å². The van der Waals surface area contributed by atoms with Gasteiger partial charge in [0.1, 0.15) is 71.0 Å². The van der Waals surface area contributed by atoms with Crippen LogP contribution >= 0.6 is 0 Å². The Bertz CT molecular complexity index is 3990. The number of likely N-dealkylation sites (N-methyl/N-ethyl adjacent to an activating group) is 1.